The van der Waals surface area contributed by atoms with Gasteiger partial charge in [-0.3, -0.25) is 4.79 Å². The van der Waals surface area contributed by atoms with E-state index in [-0.39, 0.29) is 46.6 Å². The lowest BCUT2D eigenvalue weighted by atomic mass is 9.34. The van der Waals surface area contributed by atoms with Crippen LogP contribution in [0.4, 0.5) is 0 Å². The second-order valence-corrected chi connectivity index (χ2v) is 10.4. The molecule has 2 spiro atoms. The first kappa shape index (κ1) is 17.0. The molecule has 3 saturated heterocycles. The van der Waals surface area contributed by atoms with Gasteiger partial charge in [0.25, 0.3) is 0 Å². The second kappa shape index (κ2) is 4.98. The Morgan fingerprint density at radius 2 is 2.11 bits per heavy atom. The van der Waals surface area contributed by atoms with Gasteiger partial charge in [0.1, 0.15) is 12.2 Å². The molecule has 0 aromatic rings. The van der Waals surface area contributed by atoms with Crippen molar-refractivity contribution in [3.63, 3.8) is 0 Å². The highest BCUT2D eigenvalue weighted by molar-refractivity contribution is 5.66. The first-order chi connectivity index (χ1) is 12.8. The van der Waals surface area contributed by atoms with Gasteiger partial charge in [-0.15, -0.1) is 0 Å². The van der Waals surface area contributed by atoms with Gasteiger partial charge in [0.05, 0.1) is 0 Å². The van der Waals surface area contributed by atoms with E-state index in [0.717, 1.165) is 25.7 Å². The summed E-state index contributed by atoms with van der Waals surface area (Å²) in [4.78, 5) is 12.1. The lowest BCUT2D eigenvalue weighted by Gasteiger charge is -2.78. The van der Waals surface area contributed by atoms with Crippen molar-refractivity contribution in [1.82, 2.24) is 0 Å². The van der Waals surface area contributed by atoms with Crippen LogP contribution >= 0.6 is 0 Å². The molecule has 27 heavy (non-hydrogen) atoms. The molecule has 3 saturated carbocycles. The average molecular weight is 374 g/mol. The summed E-state index contributed by atoms with van der Waals surface area (Å²) in [7, 11) is 0. The van der Waals surface area contributed by atoms with Gasteiger partial charge >= 0.3 is 5.97 Å². The van der Waals surface area contributed by atoms with Gasteiger partial charge in [-0.1, -0.05) is 25.0 Å². The van der Waals surface area contributed by atoms with E-state index >= 15 is 0 Å². The Kier molecular flexibility index (Phi) is 3.13. The van der Waals surface area contributed by atoms with E-state index in [1.807, 2.05) is 0 Å². The van der Waals surface area contributed by atoms with Gasteiger partial charge in [0.2, 0.25) is 0 Å². The summed E-state index contributed by atoms with van der Waals surface area (Å²) in [5, 5.41) is 10.9. The molecule has 0 aromatic carbocycles. The number of hydrogen-bond donors (Lipinski definition) is 1. The van der Waals surface area contributed by atoms with Gasteiger partial charge in [-0.25, -0.2) is 0 Å². The van der Waals surface area contributed by atoms with Gasteiger partial charge in [0, 0.05) is 29.1 Å². The summed E-state index contributed by atoms with van der Waals surface area (Å²) < 4.78 is 18.8. The smallest absolute Gasteiger partial charge is 0.303 e. The maximum Gasteiger partial charge on any atom is 0.303 e. The molecule has 3 heterocycles. The zero-order chi connectivity index (χ0) is 18.8. The van der Waals surface area contributed by atoms with E-state index in [0.29, 0.717) is 11.8 Å². The quantitative estimate of drug-likeness (QED) is 0.564. The largest absolute Gasteiger partial charge is 0.459 e. The molecule has 2 unspecified atom stereocenters. The minimum Gasteiger partial charge on any atom is -0.459 e. The number of fused-ring (bicyclic) bond motifs is 1. The van der Waals surface area contributed by atoms with E-state index in [1.54, 1.807) is 0 Å². The number of ether oxygens (including phenoxy) is 3. The SMILES string of the molecule is CC(=O)O[C@@H]1[C@H]2OC3OC(O)[C@]4(C)CCC[C@]3([C@@H]14)[C@H]1C[C@@H]3CC[C@]21C=C3C. The predicted molar refractivity (Wildman–Crippen MR) is 96.2 cm³/mol. The first-order valence-electron chi connectivity index (χ1n) is 10.7. The third-order valence-corrected chi connectivity index (χ3v) is 9.48. The molecule has 8 rings (SSSR count). The maximum absolute atomic E-state index is 12.1. The number of allylic oxidation sites excluding steroid dienone is 1. The molecule has 1 N–H and O–H groups in total. The highest BCUT2D eigenvalue weighted by Crippen LogP contribution is 2.77. The minimum absolute atomic E-state index is 0.0458. The molecule has 5 aliphatic carbocycles. The van der Waals surface area contributed by atoms with Crippen molar-refractivity contribution in [1.29, 1.82) is 0 Å². The zero-order valence-corrected chi connectivity index (χ0v) is 16.4. The van der Waals surface area contributed by atoms with Crippen molar-refractivity contribution in [2.75, 3.05) is 0 Å². The third kappa shape index (κ3) is 1.72. The van der Waals surface area contributed by atoms with Crippen LogP contribution < -0.4 is 0 Å². The number of hydrogen-bond acceptors (Lipinski definition) is 5. The average Bonchev–Trinajstić information content (AvgIpc) is 2.61. The zero-order valence-electron chi connectivity index (χ0n) is 16.4. The lowest BCUT2D eigenvalue weighted by Crippen LogP contribution is -2.82. The fourth-order valence-corrected chi connectivity index (χ4v) is 8.67. The van der Waals surface area contributed by atoms with Crippen molar-refractivity contribution < 1.29 is 24.1 Å². The Balaban J connectivity index is 1.59. The summed E-state index contributed by atoms with van der Waals surface area (Å²) in [6.45, 7) is 5.90. The Labute approximate surface area is 160 Å². The molecular formula is C22H30O5. The molecule has 5 heteroatoms. The Bertz CT molecular complexity index is 747. The van der Waals surface area contributed by atoms with Gasteiger partial charge in [0.15, 0.2) is 12.6 Å². The molecule has 0 amide bonds. The van der Waals surface area contributed by atoms with Crippen LogP contribution in [0.5, 0.6) is 0 Å². The van der Waals surface area contributed by atoms with E-state index in [2.05, 4.69) is 19.9 Å². The van der Waals surface area contributed by atoms with Crippen molar-refractivity contribution in [3.05, 3.63) is 11.6 Å². The molecule has 10 atom stereocenters. The van der Waals surface area contributed by atoms with Crippen LogP contribution in [0.15, 0.2) is 11.6 Å². The predicted octanol–water partition coefficient (Wildman–Crippen LogP) is 3.16. The van der Waals surface area contributed by atoms with Crippen molar-refractivity contribution >= 4 is 5.97 Å². The highest BCUT2D eigenvalue weighted by Gasteiger charge is 2.81. The maximum atomic E-state index is 12.1. The molecular weight excluding hydrogens is 344 g/mol. The fraction of sp³-hybridized carbons (Fsp3) is 0.864. The van der Waals surface area contributed by atoms with Crippen LogP contribution in [-0.4, -0.2) is 35.9 Å². The number of carbonyl (C=O) groups excluding carboxylic acids is 1. The number of esters is 1. The van der Waals surface area contributed by atoms with Crippen LogP contribution in [0.2, 0.25) is 0 Å². The minimum atomic E-state index is -0.855. The monoisotopic (exact) mass is 374 g/mol. The summed E-state index contributed by atoms with van der Waals surface area (Å²) in [6, 6.07) is 0. The Morgan fingerprint density at radius 1 is 1.30 bits per heavy atom. The lowest BCUT2D eigenvalue weighted by molar-refractivity contribution is -0.479. The topological polar surface area (TPSA) is 65.0 Å². The van der Waals surface area contributed by atoms with Crippen LogP contribution in [0.3, 0.4) is 0 Å². The van der Waals surface area contributed by atoms with Crippen LogP contribution in [0.25, 0.3) is 0 Å². The molecule has 7 bridgehead atoms. The van der Waals surface area contributed by atoms with Crippen molar-refractivity contribution in [2.45, 2.75) is 84.1 Å². The highest BCUT2D eigenvalue weighted by atomic mass is 16.7. The summed E-state index contributed by atoms with van der Waals surface area (Å²) in [6.07, 6.45) is 7.34. The molecule has 0 radical (unpaired) electrons. The van der Waals surface area contributed by atoms with Crippen molar-refractivity contribution in [2.24, 2.45) is 34.0 Å². The standard InChI is InChI=1S/C22H30O5/c1-11-10-21-8-5-13(11)9-14(21)22-7-4-6-20(3)16(22)15(25-12(2)23)17(21)26-19(22)27-18(20)24/h10,13-19,24H,4-9H2,1-3H3/t13-,14-,15-,16-,17+,18?,19?,20+,21+,22+/m0/s1. The van der Waals surface area contributed by atoms with Crippen LogP contribution in [0, 0.1) is 34.0 Å². The number of rotatable bonds is 1. The Hall–Kier alpha value is -0.910. The summed E-state index contributed by atoms with van der Waals surface area (Å²) >= 11 is 0. The third-order valence-electron chi connectivity index (χ3n) is 9.48. The molecule has 3 aliphatic heterocycles. The normalized spacial score (nSPS) is 59.9. The first-order valence-corrected chi connectivity index (χ1v) is 10.7. The van der Waals surface area contributed by atoms with E-state index < -0.39 is 6.29 Å². The van der Waals surface area contributed by atoms with Crippen LogP contribution in [0.1, 0.15) is 59.3 Å². The van der Waals surface area contributed by atoms with E-state index in [1.165, 1.54) is 25.3 Å². The fourth-order valence-electron chi connectivity index (χ4n) is 8.67. The summed E-state index contributed by atoms with van der Waals surface area (Å²) in [5.41, 5.74) is 0.900. The number of aliphatic hydroxyl groups is 1. The summed E-state index contributed by atoms with van der Waals surface area (Å²) in [5.74, 6) is 1.03. The number of carbonyl (C=O) groups is 1. The van der Waals surface area contributed by atoms with Crippen molar-refractivity contribution in [3.8, 4) is 0 Å². The molecule has 5 nitrogen and oxygen atoms in total. The molecule has 0 aromatic heterocycles. The molecule has 8 aliphatic rings. The van der Waals surface area contributed by atoms with E-state index in [4.69, 9.17) is 14.2 Å². The number of aliphatic hydroxyl groups excluding tert-OH is 1. The van der Waals surface area contributed by atoms with Crippen LogP contribution in [-0.2, 0) is 19.0 Å². The van der Waals surface area contributed by atoms with Gasteiger partial charge < -0.3 is 19.3 Å². The molecule has 6 fully saturated rings. The van der Waals surface area contributed by atoms with Gasteiger partial charge in [-0.2, -0.15) is 0 Å². The second-order valence-electron chi connectivity index (χ2n) is 10.4. The molecule has 148 valence electrons. The van der Waals surface area contributed by atoms with Gasteiger partial charge in [-0.05, 0) is 50.9 Å². The van der Waals surface area contributed by atoms with E-state index in [9.17, 15) is 9.90 Å². The Morgan fingerprint density at radius 3 is 2.85 bits per heavy atom.